The van der Waals surface area contributed by atoms with Crippen LogP contribution in [0, 0.1) is 5.92 Å². The molecule has 226 valence electrons. The molecule has 0 heterocycles. The third-order valence-corrected chi connectivity index (χ3v) is 5.63. The molecule has 0 saturated heterocycles. The van der Waals surface area contributed by atoms with Gasteiger partial charge in [-0.3, -0.25) is 9.59 Å². The van der Waals surface area contributed by atoms with Crippen LogP contribution < -0.4 is 10.6 Å². The van der Waals surface area contributed by atoms with Crippen molar-refractivity contribution in [2.24, 2.45) is 5.92 Å². The van der Waals surface area contributed by atoms with Gasteiger partial charge in [0, 0.05) is 11.4 Å². The van der Waals surface area contributed by atoms with Crippen LogP contribution in [0.15, 0.2) is 66.7 Å². The molecule has 16 heteroatoms. The van der Waals surface area contributed by atoms with Gasteiger partial charge in [-0.25, -0.2) is 0 Å². The van der Waals surface area contributed by atoms with E-state index >= 15 is 0 Å². The summed E-state index contributed by atoms with van der Waals surface area (Å²) in [6, 6.07) is 7.34. The highest BCUT2D eigenvalue weighted by molar-refractivity contribution is 6.11. The van der Waals surface area contributed by atoms with E-state index in [9.17, 15) is 62.3 Å². The Kier molecular flexibility index (Phi) is 8.89. The number of carbonyl (C=O) groups is 2. The van der Waals surface area contributed by atoms with Crippen molar-refractivity contribution in [1.29, 1.82) is 0 Å². The number of amides is 2. The van der Waals surface area contributed by atoms with Crippen LogP contribution in [0.3, 0.4) is 0 Å². The summed E-state index contributed by atoms with van der Waals surface area (Å²) in [5.74, 6) is -5.03. The van der Waals surface area contributed by atoms with Crippen molar-refractivity contribution in [3.05, 3.63) is 94.5 Å². The predicted molar refractivity (Wildman–Crippen MR) is 124 cm³/mol. The first-order valence-corrected chi connectivity index (χ1v) is 11.4. The summed E-state index contributed by atoms with van der Waals surface area (Å²) >= 11 is 0. The Morgan fingerprint density at radius 3 is 1.12 bits per heavy atom. The van der Waals surface area contributed by atoms with Crippen molar-refractivity contribution in [3.63, 3.8) is 0 Å². The minimum atomic E-state index is -5.28. The lowest BCUT2D eigenvalue weighted by molar-refractivity contribution is -0.144. The van der Waals surface area contributed by atoms with E-state index in [1.54, 1.807) is 10.6 Å². The minimum Gasteiger partial charge on any atom is -0.325 e. The largest absolute Gasteiger partial charge is 0.416 e. The summed E-state index contributed by atoms with van der Waals surface area (Å²) in [7, 11) is 0. The maximum absolute atomic E-state index is 13.2. The van der Waals surface area contributed by atoms with Crippen LogP contribution in [-0.2, 0) is 40.7 Å². The molecule has 0 radical (unpaired) electrons. The van der Waals surface area contributed by atoms with Crippen LogP contribution in [-0.4, -0.2) is 11.8 Å². The van der Waals surface area contributed by atoms with Gasteiger partial charge in [0.2, 0.25) is 11.8 Å². The normalized spacial score (nSPS) is 12.8. The molecule has 0 aliphatic rings. The maximum Gasteiger partial charge on any atom is 0.416 e. The second-order valence-electron chi connectivity index (χ2n) is 8.81. The zero-order chi connectivity index (χ0) is 31.7. The average Bonchev–Trinajstić information content (AvgIpc) is 2.85. The maximum atomic E-state index is 13.2. The van der Waals surface area contributed by atoms with Crippen molar-refractivity contribution in [3.8, 4) is 0 Å². The molecule has 0 aliphatic heterocycles. The minimum absolute atomic E-state index is 0.160. The highest BCUT2D eigenvalue weighted by Gasteiger charge is 2.39. The van der Waals surface area contributed by atoms with E-state index in [0.717, 1.165) is 0 Å². The predicted octanol–water partition coefficient (Wildman–Crippen LogP) is 8.20. The summed E-state index contributed by atoms with van der Waals surface area (Å²) < 4.78 is 159. The molecule has 0 unspecified atom stereocenters. The molecule has 0 bridgehead atoms. The SMILES string of the molecule is O=C(Nc1cc(C(F)(F)F)cc(C(F)(F)F)c1)C(Cc1ccccc1)C(=O)Nc1cc(C(F)(F)F)cc(C(F)(F)F)c1. The summed E-state index contributed by atoms with van der Waals surface area (Å²) in [6.45, 7) is 0. The van der Waals surface area contributed by atoms with Gasteiger partial charge in [-0.05, 0) is 48.4 Å². The molecule has 0 aliphatic carbocycles. The third-order valence-electron chi connectivity index (χ3n) is 5.63. The number of halogens is 12. The number of rotatable bonds is 6. The summed E-state index contributed by atoms with van der Waals surface area (Å²) in [6.07, 6.45) is -21.7. The lowest BCUT2D eigenvalue weighted by Crippen LogP contribution is -2.35. The Bertz CT molecular complexity index is 1290. The van der Waals surface area contributed by atoms with Gasteiger partial charge in [-0.1, -0.05) is 30.3 Å². The molecule has 2 N–H and O–H groups in total. The monoisotopic (exact) mass is 616 g/mol. The van der Waals surface area contributed by atoms with Crippen molar-refractivity contribution in [2.75, 3.05) is 10.6 Å². The highest BCUT2D eigenvalue weighted by Crippen LogP contribution is 2.39. The number of anilines is 2. The Balaban J connectivity index is 2.02. The number of benzene rings is 3. The van der Waals surface area contributed by atoms with E-state index in [0.29, 0.717) is 0 Å². The zero-order valence-electron chi connectivity index (χ0n) is 20.5. The molecule has 0 saturated carbocycles. The van der Waals surface area contributed by atoms with E-state index < -0.39 is 82.5 Å². The Morgan fingerprint density at radius 1 is 0.524 bits per heavy atom. The Labute approximate surface area is 228 Å². The summed E-state index contributed by atoms with van der Waals surface area (Å²) in [5, 5.41) is 3.53. The molecule has 3 aromatic carbocycles. The van der Waals surface area contributed by atoms with Crippen LogP contribution in [0.1, 0.15) is 27.8 Å². The van der Waals surface area contributed by atoms with Gasteiger partial charge in [0.25, 0.3) is 0 Å². The van der Waals surface area contributed by atoms with Gasteiger partial charge in [0.15, 0.2) is 0 Å². The number of alkyl halides is 12. The molecular weight excluding hydrogens is 600 g/mol. The van der Waals surface area contributed by atoms with E-state index in [-0.39, 0.29) is 42.0 Å². The van der Waals surface area contributed by atoms with Gasteiger partial charge < -0.3 is 10.6 Å². The molecular formula is C26H16F12N2O2. The topological polar surface area (TPSA) is 58.2 Å². The smallest absolute Gasteiger partial charge is 0.325 e. The lowest BCUT2D eigenvalue weighted by atomic mass is 9.96. The van der Waals surface area contributed by atoms with E-state index in [1.165, 1.54) is 30.3 Å². The molecule has 0 spiro atoms. The van der Waals surface area contributed by atoms with Gasteiger partial charge in [0.1, 0.15) is 5.92 Å². The number of nitrogens with one attached hydrogen (secondary N) is 2. The quantitative estimate of drug-likeness (QED) is 0.217. The lowest BCUT2D eigenvalue weighted by Gasteiger charge is -2.20. The zero-order valence-corrected chi connectivity index (χ0v) is 20.5. The van der Waals surface area contributed by atoms with E-state index in [2.05, 4.69) is 0 Å². The standard InChI is InChI=1S/C26H16F12N2O2/c27-23(28,29)14-7-15(24(30,31)32)10-18(9-14)39-21(41)20(6-13-4-2-1-3-5-13)22(42)40-19-11-16(25(33,34)35)8-17(12-19)26(36,37)38/h1-5,7-12,20H,6H2,(H,39,41)(H,40,42). The van der Waals surface area contributed by atoms with Crippen LogP contribution in [0.4, 0.5) is 64.1 Å². The van der Waals surface area contributed by atoms with Gasteiger partial charge >= 0.3 is 24.7 Å². The Hall–Kier alpha value is -4.24. The van der Waals surface area contributed by atoms with E-state index in [4.69, 9.17) is 0 Å². The van der Waals surface area contributed by atoms with Crippen molar-refractivity contribution in [1.82, 2.24) is 0 Å². The van der Waals surface area contributed by atoms with Gasteiger partial charge in [0.05, 0.1) is 22.3 Å². The molecule has 3 rings (SSSR count). The van der Waals surface area contributed by atoms with Crippen LogP contribution in [0.2, 0.25) is 0 Å². The first-order chi connectivity index (χ1) is 19.1. The third kappa shape index (κ3) is 8.39. The molecule has 42 heavy (non-hydrogen) atoms. The molecule has 0 atom stereocenters. The molecule has 4 nitrogen and oxygen atoms in total. The van der Waals surface area contributed by atoms with Crippen LogP contribution >= 0.6 is 0 Å². The van der Waals surface area contributed by atoms with Crippen molar-refractivity contribution >= 4 is 23.2 Å². The number of hydrogen-bond donors (Lipinski definition) is 2. The van der Waals surface area contributed by atoms with Crippen molar-refractivity contribution < 1.29 is 62.3 Å². The van der Waals surface area contributed by atoms with Crippen molar-refractivity contribution in [2.45, 2.75) is 31.1 Å². The summed E-state index contributed by atoms with van der Waals surface area (Å²) in [5.41, 5.74) is -8.99. The van der Waals surface area contributed by atoms with Gasteiger partial charge in [-0.2, -0.15) is 52.7 Å². The molecule has 3 aromatic rings. The highest BCUT2D eigenvalue weighted by atomic mass is 19.4. The summed E-state index contributed by atoms with van der Waals surface area (Å²) in [4.78, 5) is 26.1. The number of hydrogen-bond acceptors (Lipinski definition) is 2. The fourth-order valence-corrected chi connectivity index (χ4v) is 3.67. The van der Waals surface area contributed by atoms with Crippen LogP contribution in [0.25, 0.3) is 0 Å². The average molecular weight is 616 g/mol. The van der Waals surface area contributed by atoms with E-state index in [1.807, 2.05) is 0 Å². The molecule has 2 amide bonds. The number of carbonyl (C=O) groups excluding carboxylic acids is 2. The first kappa shape index (κ1) is 32.3. The molecule has 0 aromatic heterocycles. The fraction of sp³-hybridized carbons (Fsp3) is 0.231. The van der Waals surface area contributed by atoms with Gasteiger partial charge in [-0.15, -0.1) is 0 Å². The second kappa shape index (κ2) is 11.6. The Morgan fingerprint density at radius 2 is 0.833 bits per heavy atom. The fourth-order valence-electron chi connectivity index (χ4n) is 3.67. The van der Waals surface area contributed by atoms with Crippen LogP contribution in [0.5, 0.6) is 0 Å². The second-order valence-corrected chi connectivity index (χ2v) is 8.81. The first-order valence-electron chi connectivity index (χ1n) is 11.4. The molecule has 0 fully saturated rings.